The summed E-state index contributed by atoms with van der Waals surface area (Å²) in [6, 6.07) is 17.1. The molecule has 0 radical (unpaired) electrons. The molecule has 34 heavy (non-hydrogen) atoms. The number of hydrogen-bond donors (Lipinski definition) is 0. The van der Waals surface area contributed by atoms with Gasteiger partial charge in [-0.2, -0.15) is 0 Å². The monoisotopic (exact) mass is 478 g/mol. The fourth-order valence-electron chi connectivity index (χ4n) is 4.37. The van der Waals surface area contributed by atoms with E-state index in [1.165, 1.54) is 0 Å². The van der Waals surface area contributed by atoms with Crippen molar-refractivity contribution < 1.29 is 19.0 Å². The summed E-state index contributed by atoms with van der Waals surface area (Å²) >= 11 is 6.27. The maximum atomic E-state index is 13.1. The highest BCUT2D eigenvalue weighted by atomic mass is 35.5. The second-order valence-corrected chi connectivity index (χ2v) is 9.00. The van der Waals surface area contributed by atoms with Crippen molar-refractivity contribution in [1.29, 1.82) is 0 Å². The number of aromatic nitrogens is 1. The van der Waals surface area contributed by atoms with E-state index in [-0.39, 0.29) is 12.0 Å². The second-order valence-electron chi connectivity index (χ2n) is 8.56. The Bertz CT molecular complexity index is 1150. The molecule has 0 N–H and O–H groups in total. The number of hydrogen-bond acceptors (Lipinski definition) is 5. The lowest BCUT2D eigenvalue weighted by molar-refractivity contribution is -0.0115. The van der Waals surface area contributed by atoms with Crippen LogP contribution < -0.4 is 9.47 Å². The molecule has 2 aliphatic rings. The first-order chi connectivity index (χ1) is 16.7. The van der Waals surface area contributed by atoms with E-state index in [9.17, 15) is 4.79 Å². The molecule has 6 nitrogen and oxygen atoms in total. The molecule has 5 rings (SSSR count). The minimum atomic E-state index is -0.122. The van der Waals surface area contributed by atoms with Crippen LogP contribution in [0.5, 0.6) is 11.5 Å². The molecule has 2 aliphatic heterocycles. The predicted molar refractivity (Wildman–Crippen MR) is 130 cm³/mol. The van der Waals surface area contributed by atoms with Gasteiger partial charge in [0.25, 0.3) is 5.91 Å². The van der Waals surface area contributed by atoms with Gasteiger partial charge in [-0.25, -0.2) is 0 Å². The van der Waals surface area contributed by atoms with Crippen LogP contribution in [-0.4, -0.2) is 48.3 Å². The number of carbonyl (C=O) groups excluding carboxylic acids is 1. The predicted octanol–water partition coefficient (Wildman–Crippen LogP) is 5.38. The summed E-state index contributed by atoms with van der Waals surface area (Å²) in [5.41, 5.74) is 3.24. The molecule has 2 aromatic carbocycles. The smallest absolute Gasteiger partial charge is 0.272 e. The quantitative estimate of drug-likeness (QED) is 0.492. The Morgan fingerprint density at radius 2 is 2.03 bits per heavy atom. The molecule has 0 bridgehead atoms. The first-order valence-corrected chi connectivity index (χ1v) is 12.1. The van der Waals surface area contributed by atoms with Gasteiger partial charge in [0, 0.05) is 29.9 Å². The maximum absolute atomic E-state index is 13.1. The molecule has 1 saturated heterocycles. The van der Waals surface area contributed by atoms with Gasteiger partial charge in [0.1, 0.15) is 18.9 Å². The molecule has 1 fully saturated rings. The molecule has 3 heterocycles. The minimum Gasteiger partial charge on any atom is -0.487 e. The molecule has 0 aliphatic carbocycles. The van der Waals surface area contributed by atoms with Crippen molar-refractivity contribution in [3.8, 4) is 22.6 Å². The molecular weight excluding hydrogens is 452 g/mol. The van der Waals surface area contributed by atoms with Crippen molar-refractivity contribution in [2.24, 2.45) is 0 Å². The van der Waals surface area contributed by atoms with Crippen LogP contribution in [0.1, 0.15) is 35.3 Å². The van der Waals surface area contributed by atoms with Crippen LogP contribution in [0.4, 0.5) is 0 Å². The molecule has 0 spiro atoms. The number of pyridine rings is 1. The SMILES string of the molecule is O=C(c1ccccn1)N1CCOc2c(cc(-c3cccc(Cl)c3)cc2OCC2CCCCO2)C1. The number of nitrogens with zero attached hydrogens (tertiary/aromatic N) is 2. The van der Waals surface area contributed by atoms with Gasteiger partial charge in [-0.05, 0) is 66.8 Å². The van der Waals surface area contributed by atoms with E-state index in [0.29, 0.717) is 48.5 Å². The summed E-state index contributed by atoms with van der Waals surface area (Å²) in [5, 5.41) is 0.661. The van der Waals surface area contributed by atoms with E-state index < -0.39 is 0 Å². The number of benzene rings is 2. The first-order valence-electron chi connectivity index (χ1n) is 11.7. The van der Waals surface area contributed by atoms with Crippen molar-refractivity contribution in [3.63, 3.8) is 0 Å². The molecule has 1 aromatic heterocycles. The zero-order valence-electron chi connectivity index (χ0n) is 18.9. The molecule has 0 saturated carbocycles. The van der Waals surface area contributed by atoms with Crippen LogP contribution in [-0.2, 0) is 11.3 Å². The third-order valence-electron chi connectivity index (χ3n) is 6.13. The minimum absolute atomic E-state index is 0.0761. The number of rotatable bonds is 5. The Morgan fingerprint density at radius 1 is 1.09 bits per heavy atom. The van der Waals surface area contributed by atoms with Gasteiger partial charge in [0.15, 0.2) is 11.5 Å². The number of ether oxygens (including phenoxy) is 3. The second kappa shape index (κ2) is 10.5. The third-order valence-corrected chi connectivity index (χ3v) is 6.36. The van der Waals surface area contributed by atoms with Gasteiger partial charge in [0.2, 0.25) is 0 Å². The summed E-state index contributed by atoms with van der Waals surface area (Å²) in [4.78, 5) is 19.1. The van der Waals surface area contributed by atoms with Crippen LogP contribution in [0.15, 0.2) is 60.8 Å². The zero-order valence-corrected chi connectivity index (χ0v) is 19.7. The molecule has 3 aromatic rings. The third kappa shape index (κ3) is 5.18. The fraction of sp³-hybridized carbons (Fsp3) is 0.333. The van der Waals surface area contributed by atoms with Crippen molar-refractivity contribution in [2.75, 3.05) is 26.4 Å². The summed E-state index contributed by atoms with van der Waals surface area (Å²) in [6.07, 6.45) is 4.94. The number of carbonyl (C=O) groups is 1. The lowest BCUT2D eigenvalue weighted by atomic mass is 10.0. The molecule has 176 valence electrons. The van der Waals surface area contributed by atoms with E-state index in [4.69, 9.17) is 25.8 Å². The van der Waals surface area contributed by atoms with Crippen molar-refractivity contribution in [1.82, 2.24) is 9.88 Å². The van der Waals surface area contributed by atoms with Gasteiger partial charge in [-0.1, -0.05) is 29.8 Å². The Hall–Kier alpha value is -3.09. The van der Waals surface area contributed by atoms with Crippen LogP contribution in [0.3, 0.4) is 0 Å². The molecule has 1 amide bonds. The largest absolute Gasteiger partial charge is 0.487 e. The fourth-order valence-corrected chi connectivity index (χ4v) is 4.56. The Labute approximate surface area is 204 Å². The summed E-state index contributed by atoms with van der Waals surface area (Å²) in [5.74, 6) is 1.22. The Balaban J connectivity index is 1.48. The average Bonchev–Trinajstić information content (AvgIpc) is 3.10. The Morgan fingerprint density at radius 3 is 2.82 bits per heavy atom. The number of halogens is 1. The molecule has 1 atom stereocenters. The van der Waals surface area contributed by atoms with E-state index >= 15 is 0 Å². The highest BCUT2D eigenvalue weighted by molar-refractivity contribution is 6.30. The topological polar surface area (TPSA) is 60.9 Å². The van der Waals surface area contributed by atoms with E-state index in [1.807, 2.05) is 36.4 Å². The van der Waals surface area contributed by atoms with Gasteiger partial charge < -0.3 is 19.1 Å². The normalized spacial score (nSPS) is 17.9. The lowest BCUT2D eigenvalue weighted by Crippen LogP contribution is -2.32. The zero-order chi connectivity index (χ0) is 23.3. The maximum Gasteiger partial charge on any atom is 0.272 e. The lowest BCUT2D eigenvalue weighted by Gasteiger charge is -2.24. The van der Waals surface area contributed by atoms with E-state index in [1.54, 1.807) is 23.2 Å². The van der Waals surface area contributed by atoms with Crippen LogP contribution in [0.25, 0.3) is 11.1 Å². The van der Waals surface area contributed by atoms with E-state index in [0.717, 1.165) is 42.6 Å². The van der Waals surface area contributed by atoms with Crippen LogP contribution >= 0.6 is 11.6 Å². The summed E-state index contributed by atoms with van der Waals surface area (Å²) < 4.78 is 18.3. The summed E-state index contributed by atoms with van der Waals surface area (Å²) in [7, 11) is 0. The first kappa shape index (κ1) is 22.7. The van der Waals surface area contributed by atoms with Gasteiger partial charge in [-0.15, -0.1) is 0 Å². The van der Waals surface area contributed by atoms with Crippen LogP contribution in [0, 0.1) is 0 Å². The number of fused-ring (bicyclic) bond motifs is 1. The van der Waals surface area contributed by atoms with Crippen molar-refractivity contribution in [2.45, 2.75) is 31.9 Å². The highest BCUT2D eigenvalue weighted by Crippen LogP contribution is 2.39. The summed E-state index contributed by atoms with van der Waals surface area (Å²) in [6.45, 7) is 2.47. The van der Waals surface area contributed by atoms with Crippen LogP contribution in [0.2, 0.25) is 5.02 Å². The van der Waals surface area contributed by atoms with Gasteiger partial charge >= 0.3 is 0 Å². The average molecular weight is 479 g/mol. The molecular formula is C27H27ClN2O4. The molecule has 7 heteroatoms. The van der Waals surface area contributed by atoms with E-state index in [2.05, 4.69) is 11.1 Å². The Kier molecular flexibility index (Phi) is 6.97. The van der Waals surface area contributed by atoms with Gasteiger partial charge in [0.05, 0.1) is 12.6 Å². The van der Waals surface area contributed by atoms with Crippen molar-refractivity contribution in [3.05, 3.63) is 77.1 Å². The van der Waals surface area contributed by atoms with Crippen molar-refractivity contribution >= 4 is 17.5 Å². The highest BCUT2D eigenvalue weighted by Gasteiger charge is 2.26. The standard InChI is InChI=1S/C27H27ClN2O4/c28-22-7-5-6-19(15-22)20-14-21-17-30(27(31)24-9-1-3-10-29-24)11-13-33-26(21)25(16-20)34-18-23-8-2-4-12-32-23/h1,3,5-7,9-10,14-16,23H,2,4,8,11-13,17-18H2. The molecule has 1 unspecified atom stereocenters. The number of amides is 1. The van der Waals surface area contributed by atoms with Gasteiger partial charge in [-0.3, -0.25) is 9.78 Å².